The smallest absolute Gasteiger partial charge is 0.432 e. The molecule has 28 heavy (non-hydrogen) atoms. The van der Waals surface area contributed by atoms with Crippen molar-refractivity contribution in [1.82, 2.24) is 15.1 Å². The van der Waals surface area contributed by atoms with E-state index >= 15 is 0 Å². The number of amides is 1. The minimum Gasteiger partial charge on any atom is -0.483 e. The van der Waals surface area contributed by atoms with Gasteiger partial charge in [0, 0.05) is 23.7 Å². The number of aromatic nitrogens is 2. The fourth-order valence-electron chi connectivity index (χ4n) is 3.13. The predicted molar refractivity (Wildman–Crippen MR) is 97.2 cm³/mol. The molecule has 2 aromatic heterocycles. The first-order chi connectivity index (χ1) is 13.3. The average molecular weight is 407 g/mol. The molecule has 0 saturated heterocycles. The minimum absolute atomic E-state index is 0.206. The van der Waals surface area contributed by atoms with Gasteiger partial charge in [-0.2, -0.15) is 29.6 Å². The van der Waals surface area contributed by atoms with Crippen molar-refractivity contribution in [3.05, 3.63) is 69.2 Å². The molecule has 0 aliphatic carbocycles. The Morgan fingerprint density at radius 2 is 2.14 bits per heavy atom. The van der Waals surface area contributed by atoms with Crippen molar-refractivity contribution < 1.29 is 22.7 Å². The van der Waals surface area contributed by atoms with Crippen molar-refractivity contribution in [2.24, 2.45) is 0 Å². The van der Waals surface area contributed by atoms with Crippen LogP contribution in [-0.4, -0.2) is 27.5 Å². The highest BCUT2D eigenvalue weighted by Gasteiger charge is 2.35. The summed E-state index contributed by atoms with van der Waals surface area (Å²) in [7, 11) is 0. The maximum absolute atomic E-state index is 12.9. The lowest BCUT2D eigenvalue weighted by molar-refractivity contribution is -0.141. The molecule has 9 heteroatoms. The molecule has 0 fully saturated rings. The van der Waals surface area contributed by atoms with Crippen LogP contribution in [0, 0.1) is 6.92 Å². The van der Waals surface area contributed by atoms with E-state index in [1.165, 1.54) is 16.2 Å². The maximum Gasteiger partial charge on any atom is 0.432 e. The second-order valence-corrected chi connectivity index (χ2v) is 7.40. The molecule has 0 spiro atoms. The lowest BCUT2D eigenvalue weighted by Gasteiger charge is -2.23. The molecule has 3 heterocycles. The number of ether oxygens (including phenoxy) is 1. The van der Waals surface area contributed by atoms with Crippen molar-refractivity contribution in [2.45, 2.75) is 25.7 Å². The standard InChI is InChI=1S/C19H16F3N3O2S/c1-11-2-3-15-13(6-11)8-25(9-16(27-15)12-4-5-28-10-12)18(26)14-7-17(24-23-14)19(20,21)22/h2-7,10,16H,8-9H2,1H3,(H,23,24)/t16-/m0/s1. The number of halogens is 3. The summed E-state index contributed by atoms with van der Waals surface area (Å²) in [5, 5.41) is 9.32. The fraction of sp³-hybridized carbons (Fsp3) is 0.263. The molecule has 4 rings (SSSR count). The number of alkyl halides is 3. The summed E-state index contributed by atoms with van der Waals surface area (Å²) in [6.45, 7) is 2.36. The van der Waals surface area contributed by atoms with Gasteiger partial charge in [-0.15, -0.1) is 0 Å². The second-order valence-electron chi connectivity index (χ2n) is 6.62. The summed E-state index contributed by atoms with van der Waals surface area (Å²) in [5.74, 6) is 0.0834. The van der Waals surface area contributed by atoms with Crippen molar-refractivity contribution >= 4 is 17.2 Å². The van der Waals surface area contributed by atoms with Crippen molar-refractivity contribution in [2.75, 3.05) is 6.54 Å². The first kappa shape index (κ1) is 18.5. The monoisotopic (exact) mass is 407 g/mol. The Bertz CT molecular complexity index is 998. The van der Waals surface area contributed by atoms with E-state index in [4.69, 9.17) is 4.74 Å². The van der Waals surface area contributed by atoms with Crippen molar-refractivity contribution in [3.8, 4) is 5.75 Å². The number of aryl methyl sites for hydroxylation is 1. The molecule has 5 nitrogen and oxygen atoms in total. The van der Waals surface area contributed by atoms with Crippen LogP contribution in [-0.2, 0) is 12.7 Å². The molecule has 1 aliphatic rings. The molecule has 1 N–H and O–H groups in total. The minimum atomic E-state index is -4.59. The molecule has 1 atom stereocenters. The Balaban J connectivity index is 1.68. The zero-order valence-electron chi connectivity index (χ0n) is 14.8. The van der Waals surface area contributed by atoms with E-state index in [2.05, 4.69) is 5.10 Å². The zero-order chi connectivity index (χ0) is 19.9. The number of rotatable bonds is 2. The van der Waals surface area contributed by atoms with Gasteiger partial charge in [-0.1, -0.05) is 17.7 Å². The topological polar surface area (TPSA) is 58.2 Å². The van der Waals surface area contributed by atoms with E-state index in [0.717, 1.165) is 22.8 Å². The Labute approximate surface area is 162 Å². The number of hydrogen-bond donors (Lipinski definition) is 1. The van der Waals surface area contributed by atoms with Crippen LogP contribution >= 0.6 is 11.3 Å². The van der Waals surface area contributed by atoms with Gasteiger partial charge in [0.05, 0.1) is 6.54 Å². The van der Waals surface area contributed by atoms with E-state index in [0.29, 0.717) is 5.75 Å². The Hall–Kier alpha value is -2.81. The number of nitrogens with zero attached hydrogens (tertiary/aromatic N) is 2. The predicted octanol–water partition coefficient (Wildman–Crippen LogP) is 4.57. The number of hydrogen-bond acceptors (Lipinski definition) is 4. The number of nitrogens with one attached hydrogen (secondary N) is 1. The molecule has 0 radical (unpaired) electrons. The molecular weight excluding hydrogens is 391 g/mol. The van der Waals surface area contributed by atoms with Crippen LogP contribution in [0.15, 0.2) is 41.1 Å². The van der Waals surface area contributed by atoms with Crippen LogP contribution in [0.4, 0.5) is 13.2 Å². The fourth-order valence-corrected chi connectivity index (χ4v) is 3.83. The van der Waals surface area contributed by atoms with Gasteiger partial charge in [-0.3, -0.25) is 9.89 Å². The molecular formula is C19H16F3N3O2S. The third kappa shape index (κ3) is 3.62. The summed E-state index contributed by atoms with van der Waals surface area (Å²) in [5.41, 5.74) is 1.40. The van der Waals surface area contributed by atoms with Gasteiger partial charge in [-0.25, -0.2) is 0 Å². The Morgan fingerprint density at radius 1 is 1.32 bits per heavy atom. The van der Waals surface area contributed by atoms with Crippen molar-refractivity contribution in [3.63, 3.8) is 0 Å². The summed E-state index contributed by atoms with van der Waals surface area (Å²) in [6, 6.07) is 8.34. The van der Waals surface area contributed by atoms with Gasteiger partial charge in [0.1, 0.15) is 17.5 Å². The van der Waals surface area contributed by atoms with Crippen LogP contribution in [0.3, 0.4) is 0 Å². The molecule has 3 aromatic rings. The molecule has 0 unspecified atom stereocenters. The molecule has 0 bridgehead atoms. The van der Waals surface area contributed by atoms with Gasteiger partial charge in [0.15, 0.2) is 5.69 Å². The third-order valence-corrected chi connectivity index (χ3v) is 5.24. The number of H-pyrrole nitrogens is 1. The highest BCUT2D eigenvalue weighted by molar-refractivity contribution is 7.07. The maximum atomic E-state index is 12.9. The molecule has 146 valence electrons. The van der Waals surface area contributed by atoms with E-state index in [9.17, 15) is 18.0 Å². The quantitative estimate of drug-likeness (QED) is 0.677. The van der Waals surface area contributed by atoms with Gasteiger partial charge in [-0.05, 0) is 29.8 Å². The van der Waals surface area contributed by atoms with Crippen LogP contribution in [0.25, 0.3) is 0 Å². The number of thiophene rings is 1. The van der Waals surface area contributed by atoms with E-state index in [-0.39, 0.29) is 18.8 Å². The van der Waals surface area contributed by atoms with Crippen LogP contribution in [0.2, 0.25) is 0 Å². The number of carbonyl (C=O) groups excluding carboxylic acids is 1. The van der Waals surface area contributed by atoms with Gasteiger partial charge < -0.3 is 9.64 Å². The summed E-state index contributed by atoms with van der Waals surface area (Å²) < 4.78 is 44.7. The molecule has 0 saturated carbocycles. The van der Waals surface area contributed by atoms with E-state index in [1.807, 2.05) is 47.0 Å². The van der Waals surface area contributed by atoms with Crippen LogP contribution in [0.1, 0.15) is 39.0 Å². The largest absolute Gasteiger partial charge is 0.483 e. The number of benzene rings is 1. The first-order valence-electron chi connectivity index (χ1n) is 8.51. The average Bonchev–Trinajstić information content (AvgIpc) is 3.30. The Morgan fingerprint density at radius 3 is 2.82 bits per heavy atom. The van der Waals surface area contributed by atoms with Crippen LogP contribution in [0.5, 0.6) is 5.75 Å². The molecule has 1 aliphatic heterocycles. The molecule has 1 amide bonds. The van der Waals surface area contributed by atoms with E-state index < -0.39 is 23.9 Å². The number of aromatic amines is 1. The van der Waals surface area contributed by atoms with E-state index in [1.54, 1.807) is 0 Å². The normalized spacial score (nSPS) is 17.0. The first-order valence-corrected chi connectivity index (χ1v) is 9.45. The highest BCUT2D eigenvalue weighted by atomic mass is 32.1. The van der Waals surface area contributed by atoms with Gasteiger partial charge >= 0.3 is 6.18 Å². The summed E-state index contributed by atoms with van der Waals surface area (Å²) in [4.78, 5) is 14.4. The highest BCUT2D eigenvalue weighted by Crippen LogP contribution is 2.33. The van der Waals surface area contributed by atoms with Gasteiger partial charge in [0.2, 0.25) is 0 Å². The summed E-state index contributed by atoms with van der Waals surface area (Å²) >= 11 is 1.51. The lowest BCUT2D eigenvalue weighted by Crippen LogP contribution is -2.34. The second kappa shape index (κ2) is 6.97. The summed E-state index contributed by atoms with van der Waals surface area (Å²) in [6.07, 6.45) is -5.00. The molecule has 1 aromatic carbocycles. The zero-order valence-corrected chi connectivity index (χ0v) is 15.6. The number of fused-ring (bicyclic) bond motifs is 1. The van der Waals surface area contributed by atoms with Gasteiger partial charge in [0.25, 0.3) is 5.91 Å². The van der Waals surface area contributed by atoms with Crippen LogP contribution < -0.4 is 4.74 Å². The third-order valence-electron chi connectivity index (χ3n) is 4.54. The van der Waals surface area contributed by atoms with Crippen molar-refractivity contribution in [1.29, 1.82) is 0 Å². The number of carbonyl (C=O) groups is 1. The lowest BCUT2D eigenvalue weighted by atomic mass is 10.1. The Kier molecular flexibility index (Phi) is 4.62. The SMILES string of the molecule is Cc1ccc2c(c1)CN(C(=O)c1cc(C(F)(F)F)[nH]n1)C[C@@H](c1ccsc1)O2.